The Bertz CT molecular complexity index is 407. The Balaban J connectivity index is 3.20. The molecule has 96 valence electrons. The average Bonchev–Trinajstić information content (AvgIpc) is 2.18. The number of hydrogen-bond donors (Lipinski definition) is 2. The Morgan fingerprint density at radius 2 is 1.94 bits per heavy atom. The number of nitrogen functional groups attached to an aromatic ring is 1. The third-order valence-electron chi connectivity index (χ3n) is 1.88. The molecule has 0 spiro atoms. The van der Waals surface area contributed by atoms with Gasteiger partial charge in [-0.3, -0.25) is 0 Å². The Hall–Kier alpha value is -1.64. The zero-order valence-electron chi connectivity index (χ0n) is 8.26. The highest BCUT2D eigenvalue weighted by Crippen LogP contribution is 2.33. The Labute approximate surface area is 92.4 Å². The molecule has 4 nitrogen and oxygen atoms in total. The second-order valence-electron chi connectivity index (χ2n) is 2.96. The van der Waals surface area contributed by atoms with Gasteiger partial charge >= 0.3 is 6.36 Å². The largest absolute Gasteiger partial charge is 0.574 e. The van der Waals surface area contributed by atoms with Crippen molar-refractivity contribution in [1.82, 2.24) is 4.98 Å². The van der Waals surface area contributed by atoms with Crippen molar-refractivity contribution in [3.63, 3.8) is 0 Å². The molecule has 0 saturated heterocycles. The van der Waals surface area contributed by atoms with Crippen molar-refractivity contribution >= 4 is 5.69 Å². The van der Waals surface area contributed by atoms with Crippen LogP contribution in [0.15, 0.2) is 6.20 Å². The van der Waals surface area contributed by atoms with Crippen molar-refractivity contribution in [3.05, 3.63) is 17.3 Å². The number of nitrogens with two attached hydrogens (primary N) is 2. The molecule has 0 amide bonds. The van der Waals surface area contributed by atoms with Crippen molar-refractivity contribution in [2.24, 2.45) is 5.73 Å². The second-order valence-corrected chi connectivity index (χ2v) is 2.96. The lowest BCUT2D eigenvalue weighted by atomic mass is 10.1. The van der Waals surface area contributed by atoms with Gasteiger partial charge in [0.15, 0.2) is 0 Å². The van der Waals surface area contributed by atoms with Crippen LogP contribution in [0.2, 0.25) is 0 Å². The lowest BCUT2D eigenvalue weighted by molar-refractivity contribution is -0.275. The summed E-state index contributed by atoms with van der Waals surface area (Å²) in [6, 6.07) is 0. The molecule has 0 aliphatic heterocycles. The second kappa shape index (κ2) is 4.70. The highest BCUT2D eigenvalue weighted by molar-refractivity contribution is 5.57. The maximum Gasteiger partial charge on any atom is 0.574 e. The Morgan fingerprint density at radius 3 is 2.35 bits per heavy atom. The standard InChI is InChI=1S/C8H8F5N3O/c9-6(10)4-2-16-7(17-8(11,12)13)5(15)3(4)1-14/h2,6H,1,14-15H2. The van der Waals surface area contributed by atoms with Crippen LogP contribution in [0.4, 0.5) is 27.6 Å². The molecule has 0 aromatic carbocycles. The first-order valence-corrected chi connectivity index (χ1v) is 4.27. The molecule has 4 N–H and O–H groups in total. The number of pyridine rings is 1. The van der Waals surface area contributed by atoms with Gasteiger partial charge < -0.3 is 16.2 Å². The van der Waals surface area contributed by atoms with Gasteiger partial charge in [0.1, 0.15) is 5.69 Å². The van der Waals surface area contributed by atoms with E-state index in [-0.39, 0.29) is 5.56 Å². The van der Waals surface area contributed by atoms with Crippen LogP contribution >= 0.6 is 0 Å². The smallest absolute Gasteiger partial charge is 0.394 e. The fraction of sp³-hybridized carbons (Fsp3) is 0.375. The molecule has 0 fully saturated rings. The van der Waals surface area contributed by atoms with E-state index in [0.29, 0.717) is 6.20 Å². The summed E-state index contributed by atoms with van der Waals surface area (Å²) >= 11 is 0. The first-order valence-electron chi connectivity index (χ1n) is 4.27. The molecule has 0 saturated carbocycles. The van der Waals surface area contributed by atoms with Gasteiger partial charge in [0, 0.05) is 23.9 Å². The topological polar surface area (TPSA) is 74.2 Å². The molecule has 0 radical (unpaired) electrons. The molecule has 0 bridgehead atoms. The molecular formula is C8H8F5N3O. The minimum absolute atomic E-state index is 0.311. The van der Waals surface area contributed by atoms with Gasteiger partial charge in [0.25, 0.3) is 6.43 Å². The SMILES string of the molecule is NCc1c(C(F)F)cnc(OC(F)(F)F)c1N. The Morgan fingerprint density at radius 1 is 1.35 bits per heavy atom. The van der Waals surface area contributed by atoms with Gasteiger partial charge in [-0.2, -0.15) is 0 Å². The van der Waals surface area contributed by atoms with Crippen LogP contribution in [-0.2, 0) is 6.54 Å². The number of anilines is 1. The van der Waals surface area contributed by atoms with Gasteiger partial charge in [-0.05, 0) is 0 Å². The van der Waals surface area contributed by atoms with Crippen LogP contribution in [0.3, 0.4) is 0 Å². The van der Waals surface area contributed by atoms with E-state index in [1.54, 1.807) is 0 Å². The minimum Gasteiger partial charge on any atom is -0.394 e. The summed E-state index contributed by atoms with van der Waals surface area (Å²) < 4.78 is 64.1. The molecule has 9 heteroatoms. The lowest BCUT2D eigenvalue weighted by Gasteiger charge is -2.14. The minimum atomic E-state index is -5.00. The van der Waals surface area contributed by atoms with E-state index in [0.717, 1.165) is 0 Å². The normalized spacial score (nSPS) is 11.9. The van der Waals surface area contributed by atoms with E-state index >= 15 is 0 Å². The predicted octanol–water partition coefficient (Wildman–Crippen LogP) is 1.96. The zero-order chi connectivity index (χ0) is 13.2. The van der Waals surface area contributed by atoms with E-state index in [2.05, 4.69) is 9.72 Å². The van der Waals surface area contributed by atoms with E-state index in [4.69, 9.17) is 11.5 Å². The molecular weight excluding hydrogens is 249 g/mol. The van der Waals surface area contributed by atoms with Crippen molar-refractivity contribution in [3.8, 4) is 5.88 Å². The van der Waals surface area contributed by atoms with E-state index in [1.807, 2.05) is 0 Å². The summed E-state index contributed by atoms with van der Waals surface area (Å²) in [7, 11) is 0. The molecule has 0 atom stereocenters. The van der Waals surface area contributed by atoms with Crippen LogP contribution in [0.25, 0.3) is 0 Å². The van der Waals surface area contributed by atoms with Crippen molar-refractivity contribution < 1.29 is 26.7 Å². The number of nitrogens with zero attached hydrogens (tertiary/aromatic N) is 1. The molecule has 1 heterocycles. The number of alkyl halides is 5. The fourth-order valence-corrected chi connectivity index (χ4v) is 1.17. The number of ether oxygens (including phenoxy) is 1. The summed E-state index contributed by atoms with van der Waals surface area (Å²) in [6.45, 7) is -0.442. The van der Waals surface area contributed by atoms with Gasteiger partial charge in [-0.15, -0.1) is 13.2 Å². The van der Waals surface area contributed by atoms with Gasteiger partial charge in [0.2, 0.25) is 5.88 Å². The summed E-state index contributed by atoms with van der Waals surface area (Å²) in [5.74, 6) is -0.984. The van der Waals surface area contributed by atoms with Crippen LogP contribution in [0, 0.1) is 0 Å². The molecule has 1 aromatic rings. The highest BCUT2D eigenvalue weighted by atomic mass is 19.4. The summed E-state index contributed by atoms with van der Waals surface area (Å²) in [4.78, 5) is 3.09. The summed E-state index contributed by atoms with van der Waals surface area (Å²) in [6.07, 6.45) is -7.37. The Kier molecular flexibility index (Phi) is 3.71. The molecule has 0 unspecified atom stereocenters. The van der Waals surface area contributed by atoms with Gasteiger partial charge in [-0.25, -0.2) is 13.8 Å². The molecule has 1 aromatic heterocycles. The van der Waals surface area contributed by atoms with Crippen molar-refractivity contribution in [2.45, 2.75) is 19.3 Å². The predicted molar refractivity (Wildman–Crippen MR) is 48.2 cm³/mol. The number of aromatic nitrogens is 1. The number of halogens is 5. The number of hydrogen-bond acceptors (Lipinski definition) is 4. The molecule has 0 aliphatic carbocycles. The fourth-order valence-electron chi connectivity index (χ4n) is 1.17. The van der Waals surface area contributed by atoms with Crippen LogP contribution in [0.1, 0.15) is 17.6 Å². The quantitative estimate of drug-likeness (QED) is 0.812. The maximum absolute atomic E-state index is 12.4. The first kappa shape index (κ1) is 13.4. The summed E-state index contributed by atoms with van der Waals surface area (Å²) in [5.41, 5.74) is 8.82. The van der Waals surface area contributed by atoms with Crippen molar-refractivity contribution in [2.75, 3.05) is 5.73 Å². The molecule has 17 heavy (non-hydrogen) atoms. The zero-order valence-corrected chi connectivity index (χ0v) is 8.26. The first-order chi connectivity index (χ1) is 7.76. The van der Waals surface area contributed by atoms with E-state index < -0.39 is 36.5 Å². The maximum atomic E-state index is 12.4. The van der Waals surface area contributed by atoms with Crippen molar-refractivity contribution in [1.29, 1.82) is 0 Å². The van der Waals surface area contributed by atoms with Crippen LogP contribution in [-0.4, -0.2) is 11.3 Å². The molecule has 1 rings (SSSR count). The van der Waals surface area contributed by atoms with E-state index in [1.165, 1.54) is 0 Å². The average molecular weight is 257 g/mol. The van der Waals surface area contributed by atoms with Gasteiger partial charge in [0.05, 0.1) is 0 Å². The van der Waals surface area contributed by atoms with Crippen LogP contribution in [0.5, 0.6) is 5.88 Å². The third-order valence-corrected chi connectivity index (χ3v) is 1.88. The van der Waals surface area contributed by atoms with E-state index in [9.17, 15) is 22.0 Å². The summed E-state index contributed by atoms with van der Waals surface area (Å²) in [5, 5.41) is 0. The number of rotatable bonds is 3. The lowest BCUT2D eigenvalue weighted by Crippen LogP contribution is -2.20. The van der Waals surface area contributed by atoms with Gasteiger partial charge in [-0.1, -0.05) is 0 Å². The monoisotopic (exact) mass is 257 g/mol. The van der Waals surface area contributed by atoms with Crippen LogP contribution < -0.4 is 16.2 Å². The highest BCUT2D eigenvalue weighted by Gasteiger charge is 2.33. The third kappa shape index (κ3) is 3.16. The molecule has 0 aliphatic rings.